The van der Waals surface area contributed by atoms with Crippen LogP contribution >= 0.6 is 23.2 Å². The average molecular weight is 398 g/mol. The van der Waals surface area contributed by atoms with Gasteiger partial charge in [-0.15, -0.1) is 0 Å². The van der Waals surface area contributed by atoms with Gasteiger partial charge in [0.05, 0.1) is 17.1 Å². The molecule has 1 aliphatic heterocycles. The summed E-state index contributed by atoms with van der Waals surface area (Å²) in [6.07, 6.45) is 1.79. The molecule has 2 heterocycles. The molecule has 0 saturated carbocycles. The Morgan fingerprint density at radius 3 is 2.63 bits per heavy atom. The largest absolute Gasteiger partial charge is 0.321 e. The zero-order chi connectivity index (χ0) is 19.3. The molecule has 4 nitrogen and oxygen atoms in total. The number of hydrogen-bond donors (Lipinski definition) is 1. The van der Waals surface area contributed by atoms with Crippen molar-refractivity contribution in [1.82, 2.24) is 9.78 Å². The van der Waals surface area contributed by atoms with Gasteiger partial charge in [0.2, 0.25) is 0 Å². The van der Waals surface area contributed by atoms with E-state index in [9.17, 15) is 4.79 Å². The van der Waals surface area contributed by atoms with Crippen molar-refractivity contribution in [3.05, 3.63) is 74.5 Å². The predicted octanol–water partition coefficient (Wildman–Crippen LogP) is 5.60. The van der Waals surface area contributed by atoms with E-state index in [4.69, 9.17) is 23.2 Å². The molecule has 27 heavy (non-hydrogen) atoms. The molecule has 0 spiro atoms. The first-order chi connectivity index (χ1) is 12.8. The number of aromatic nitrogens is 2. The molecule has 1 amide bonds. The van der Waals surface area contributed by atoms with Crippen LogP contribution in [0.1, 0.15) is 27.9 Å². The molecule has 4 rings (SSSR count). The standard InChI is InChI=1S/C21H17Cl2N3O/c1-11-4-5-12(2)19(8-11)26-20(23)16(13(3)25-26)10-17-15-7-6-14(22)9-18(15)24-21(17)27/h4-10H,1-3H3,(H,24,27)/b17-10-. The van der Waals surface area contributed by atoms with E-state index in [1.807, 2.05) is 39.0 Å². The van der Waals surface area contributed by atoms with E-state index < -0.39 is 0 Å². The second kappa shape index (κ2) is 6.55. The molecule has 1 aromatic heterocycles. The summed E-state index contributed by atoms with van der Waals surface area (Å²) in [5.41, 5.74) is 6.66. The lowest BCUT2D eigenvalue weighted by Crippen LogP contribution is -2.03. The quantitative estimate of drug-likeness (QED) is 0.572. The molecule has 0 radical (unpaired) electrons. The van der Waals surface area contributed by atoms with E-state index in [0.29, 0.717) is 21.4 Å². The number of fused-ring (bicyclic) bond motifs is 1. The maximum absolute atomic E-state index is 12.5. The van der Waals surface area contributed by atoms with Gasteiger partial charge in [0.1, 0.15) is 5.15 Å². The number of nitrogens with one attached hydrogen (secondary N) is 1. The van der Waals surface area contributed by atoms with E-state index in [1.54, 1.807) is 22.9 Å². The minimum Gasteiger partial charge on any atom is -0.321 e. The fraction of sp³-hybridized carbons (Fsp3) is 0.143. The van der Waals surface area contributed by atoms with Crippen LogP contribution in [0.4, 0.5) is 5.69 Å². The highest BCUT2D eigenvalue weighted by Crippen LogP contribution is 2.37. The Hall–Kier alpha value is -2.56. The van der Waals surface area contributed by atoms with Crippen molar-refractivity contribution in [3.8, 4) is 5.69 Å². The Labute approximate surface area is 167 Å². The Morgan fingerprint density at radius 1 is 1.07 bits per heavy atom. The highest BCUT2D eigenvalue weighted by atomic mass is 35.5. The lowest BCUT2D eigenvalue weighted by molar-refractivity contribution is -0.110. The molecule has 2 aromatic carbocycles. The first-order valence-corrected chi connectivity index (χ1v) is 9.26. The van der Waals surface area contributed by atoms with Crippen LogP contribution in [0.5, 0.6) is 0 Å². The number of amides is 1. The van der Waals surface area contributed by atoms with E-state index in [0.717, 1.165) is 33.6 Å². The third kappa shape index (κ3) is 3.05. The number of hydrogen-bond acceptors (Lipinski definition) is 2. The van der Waals surface area contributed by atoms with Crippen molar-refractivity contribution in [3.63, 3.8) is 0 Å². The second-order valence-electron chi connectivity index (χ2n) is 6.69. The maximum Gasteiger partial charge on any atom is 0.256 e. The maximum atomic E-state index is 12.5. The monoisotopic (exact) mass is 397 g/mol. The fourth-order valence-corrected chi connectivity index (χ4v) is 3.73. The summed E-state index contributed by atoms with van der Waals surface area (Å²) in [5.74, 6) is -0.179. The summed E-state index contributed by atoms with van der Waals surface area (Å²) in [6.45, 7) is 5.93. The Balaban J connectivity index is 1.85. The number of benzene rings is 2. The van der Waals surface area contributed by atoms with Gasteiger partial charge in [0.25, 0.3) is 5.91 Å². The fourth-order valence-electron chi connectivity index (χ4n) is 3.24. The summed E-state index contributed by atoms with van der Waals surface area (Å²) in [7, 11) is 0. The minimum atomic E-state index is -0.179. The molecule has 1 aliphatic rings. The topological polar surface area (TPSA) is 46.9 Å². The van der Waals surface area contributed by atoms with Crippen molar-refractivity contribution >= 4 is 46.4 Å². The SMILES string of the molecule is Cc1ccc(C)c(-n2nc(C)c(/C=C3\C(=O)Nc4cc(Cl)ccc43)c2Cl)c1. The van der Waals surface area contributed by atoms with E-state index in [1.165, 1.54) is 0 Å². The average Bonchev–Trinajstić information content (AvgIpc) is 3.07. The van der Waals surface area contributed by atoms with Crippen LogP contribution in [0.15, 0.2) is 36.4 Å². The van der Waals surface area contributed by atoms with Gasteiger partial charge in [-0.3, -0.25) is 4.79 Å². The molecular formula is C21H17Cl2N3O. The number of halogens is 2. The van der Waals surface area contributed by atoms with Gasteiger partial charge < -0.3 is 5.32 Å². The lowest BCUT2D eigenvalue weighted by atomic mass is 10.0. The number of carbonyl (C=O) groups excluding carboxylic acids is 1. The van der Waals surface area contributed by atoms with Crippen molar-refractivity contribution in [2.45, 2.75) is 20.8 Å². The first-order valence-electron chi connectivity index (χ1n) is 8.51. The van der Waals surface area contributed by atoms with Crippen LogP contribution in [-0.2, 0) is 4.79 Å². The zero-order valence-electron chi connectivity index (χ0n) is 15.1. The molecule has 0 aliphatic carbocycles. The number of nitrogens with zero attached hydrogens (tertiary/aromatic N) is 2. The third-order valence-corrected chi connectivity index (χ3v) is 5.29. The smallest absolute Gasteiger partial charge is 0.256 e. The first kappa shape index (κ1) is 17.8. The number of anilines is 1. The summed E-state index contributed by atoms with van der Waals surface area (Å²) in [4.78, 5) is 12.5. The van der Waals surface area contributed by atoms with Crippen molar-refractivity contribution in [2.75, 3.05) is 5.32 Å². The highest BCUT2D eigenvalue weighted by Gasteiger charge is 2.26. The van der Waals surface area contributed by atoms with Crippen molar-refractivity contribution in [2.24, 2.45) is 0 Å². The van der Waals surface area contributed by atoms with Gasteiger partial charge in [0, 0.05) is 21.7 Å². The van der Waals surface area contributed by atoms with Gasteiger partial charge in [-0.25, -0.2) is 4.68 Å². The number of rotatable bonds is 2. The molecule has 3 aromatic rings. The second-order valence-corrected chi connectivity index (χ2v) is 7.49. The predicted molar refractivity (Wildman–Crippen MR) is 111 cm³/mol. The molecular weight excluding hydrogens is 381 g/mol. The van der Waals surface area contributed by atoms with Crippen LogP contribution in [0.3, 0.4) is 0 Å². The molecule has 0 saturated heterocycles. The molecule has 0 fully saturated rings. The van der Waals surface area contributed by atoms with Gasteiger partial charge >= 0.3 is 0 Å². The highest BCUT2D eigenvalue weighted by molar-refractivity contribution is 6.38. The van der Waals surface area contributed by atoms with Crippen LogP contribution in [0.25, 0.3) is 17.3 Å². The van der Waals surface area contributed by atoms with Crippen LogP contribution < -0.4 is 5.32 Å². The lowest BCUT2D eigenvalue weighted by Gasteiger charge is -2.08. The van der Waals surface area contributed by atoms with Crippen LogP contribution in [0.2, 0.25) is 10.2 Å². The molecule has 0 atom stereocenters. The Bertz CT molecular complexity index is 1130. The van der Waals surface area contributed by atoms with Gasteiger partial charge in [-0.2, -0.15) is 5.10 Å². The number of carbonyl (C=O) groups is 1. The summed E-state index contributed by atoms with van der Waals surface area (Å²) < 4.78 is 1.72. The summed E-state index contributed by atoms with van der Waals surface area (Å²) in [6, 6.07) is 11.5. The summed E-state index contributed by atoms with van der Waals surface area (Å²) in [5, 5.41) is 8.50. The van der Waals surface area contributed by atoms with E-state index in [-0.39, 0.29) is 5.91 Å². The zero-order valence-corrected chi connectivity index (χ0v) is 16.6. The van der Waals surface area contributed by atoms with Crippen LogP contribution in [-0.4, -0.2) is 15.7 Å². The summed E-state index contributed by atoms with van der Waals surface area (Å²) >= 11 is 12.7. The normalized spacial score (nSPS) is 14.6. The van der Waals surface area contributed by atoms with Gasteiger partial charge in [0.15, 0.2) is 0 Å². The molecule has 6 heteroatoms. The van der Waals surface area contributed by atoms with E-state index in [2.05, 4.69) is 16.5 Å². The molecule has 0 bridgehead atoms. The van der Waals surface area contributed by atoms with Gasteiger partial charge in [-0.1, -0.05) is 41.4 Å². The van der Waals surface area contributed by atoms with Crippen molar-refractivity contribution < 1.29 is 4.79 Å². The van der Waals surface area contributed by atoms with Crippen molar-refractivity contribution in [1.29, 1.82) is 0 Å². The van der Waals surface area contributed by atoms with Gasteiger partial charge in [-0.05, 0) is 56.2 Å². The third-order valence-electron chi connectivity index (χ3n) is 4.69. The Kier molecular flexibility index (Phi) is 4.33. The molecule has 0 unspecified atom stereocenters. The molecule has 1 N–H and O–H groups in total. The Morgan fingerprint density at radius 2 is 1.85 bits per heavy atom. The van der Waals surface area contributed by atoms with E-state index >= 15 is 0 Å². The molecule has 136 valence electrons. The number of aryl methyl sites for hydroxylation is 3. The minimum absolute atomic E-state index is 0.179. The van der Waals surface area contributed by atoms with Crippen LogP contribution in [0, 0.1) is 20.8 Å².